The molecule has 4 nitrogen and oxygen atoms in total. The summed E-state index contributed by atoms with van der Waals surface area (Å²) >= 11 is 0. The standard InChI is InChI=1S/C11H22F2O3S.C2H7N/c12-9-7-5-3-1-2-4-6-8-11(13)10-17(14,15)16;1-3-2/h11H,1-10H2,(H,14,15,16);3H,1-2H3. The smallest absolute Gasteiger partial charge is 0.267 e. The zero-order valence-corrected chi connectivity index (χ0v) is 13.4. The van der Waals surface area contributed by atoms with Crippen LogP contribution in [-0.2, 0) is 10.1 Å². The molecule has 0 aromatic rings. The van der Waals surface area contributed by atoms with Crippen LogP contribution in [0.15, 0.2) is 0 Å². The summed E-state index contributed by atoms with van der Waals surface area (Å²) in [6.07, 6.45) is 4.64. The van der Waals surface area contributed by atoms with Crippen molar-refractivity contribution in [1.82, 2.24) is 5.32 Å². The Morgan fingerprint density at radius 2 is 1.40 bits per heavy atom. The minimum atomic E-state index is -4.19. The number of halogens is 2. The van der Waals surface area contributed by atoms with Crippen molar-refractivity contribution in [1.29, 1.82) is 0 Å². The van der Waals surface area contributed by atoms with Gasteiger partial charge in [-0.2, -0.15) is 8.42 Å². The molecule has 0 aliphatic rings. The zero-order chi connectivity index (χ0) is 15.9. The molecule has 0 fully saturated rings. The minimum absolute atomic E-state index is 0.171. The molecule has 124 valence electrons. The summed E-state index contributed by atoms with van der Waals surface area (Å²) in [4.78, 5) is 0. The fraction of sp³-hybridized carbons (Fsp3) is 1.00. The van der Waals surface area contributed by atoms with Crippen molar-refractivity contribution in [2.45, 2.75) is 57.5 Å². The number of hydrogen-bond donors (Lipinski definition) is 2. The van der Waals surface area contributed by atoms with E-state index in [2.05, 4.69) is 5.32 Å². The van der Waals surface area contributed by atoms with E-state index >= 15 is 0 Å². The van der Waals surface area contributed by atoms with Crippen LogP contribution in [0.5, 0.6) is 0 Å². The van der Waals surface area contributed by atoms with Gasteiger partial charge in [0.2, 0.25) is 0 Å². The summed E-state index contributed by atoms with van der Waals surface area (Å²) in [5.74, 6) is -0.802. The van der Waals surface area contributed by atoms with E-state index in [-0.39, 0.29) is 13.1 Å². The highest BCUT2D eigenvalue weighted by atomic mass is 32.2. The Morgan fingerprint density at radius 1 is 1.00 bits per heavy atom. The minimum Gasteiger partial charge on any atom is -0.323 e. The average Bonchev–Trinajstić information content (AvgIpc) is 2.31. The Hall–Kier alpha value is -0.270. The van der Waals surface area contributed by atoms with Crippen LogP contribution in [0.3, 0.4) is 0 Å². The van der Waals surface area contributed by atoms with E-state index in [1.165, 1.54) is 0 Å². The van der Waals surface area contributed by atoms with Crippen LogP contribution in [0.25, 0.3) is 0 Å². The van der Waals surface area contributed by atoms with E-state index in [4.69, 9.17) is 4.55 Å². The Balaban J connectivity index is 0. The quantitative estimate of drug-likeness (QED) is 0.454. The number of alkyl halides is 2. The van der Waals surface area contributed by atoms with Crippen LogP contribution in [0.4, 0.5) is 8.78 Å². The molecule has 0 radical (unpaired) electrons. The molecular formula is C13H29F2NO3S. The van der Waals surface area contributed by atoms with Gasteiger partial charge in [0.05, 0.1) is 6.67 Å². The van der Waals surface area contributed by atoms with Crippen molar-refractivity contribution in [2.75, 3.05) is 26.5 Å². The Labute approximate surface area is 122 Å². The summed E-state index contributed by atoms with van der Waals surface area (Å²) in [7, 11) is -0.442. The average molecular weight is 317 g/mol. The third-order valence-electron chi connectivity index (χ3n) is 2.54. The molecule has 20 heavy (non-hydrogen) atoms. The molecule has 0 aromatic carbocycles. The normalized spacial score (nSPS) is 12.7. The summed E-state index contributed by atoms with van der Waals surface area (Å²) in [5.41, 5.74) is 0. The molecule has 0 bridgehead atoms. The number of rotatable bonds is 11. The van der Waals surface area contributed by atoms with E-state index in [1.807, 2.05) is 14.1 Å². The SMILES string of the molecule is CNC.O=S(=O)(O)CC(F)CCCCCCCCCF. The first-order chi connectivity index (χ1) is 9.37. The van der Waals surface area contributed by atoms with Crippen molar-refractivity contribution in [3.8, 4) is 0 Å². The second kappa shape index (κ2) is 15.1. The summed E-state index contributed by atoms with van der Waals surface area (Å²) < 4.78 is 53.9. The third kappa shape index (κ3) is 22.9. The zero-order valence-electron chi connectivity index (χ0n) is 12.6. The molecule has 0 saturated heterocycles. The molecule has 0 spiro atoms. The van der Waals surface area contributed by atoms with Crippen LogP contribution < -0.4 is 5.32 Å². The summed E-state index contributed by atoms with van der Waals surface area (Å²) in [5, 5.41) is 2.75. The first-order valence-corrected chi connectivity index (χ1v) is 8.72. The third-order valence-corrected chi connectivity index (χ3v) is 3.33. The second-order valence-electron chi connectivity index (χ2n) is 4.80. The highest BCUT2D eigenvalue weighted by Crippen LogP contribution is 2.12. The molecule has 1 atom stereocenters. The fourth-order valence-corrected chi connectivity index (χ4v) is 2.28. The molecule has 1 unspecified atom stereocenters. The van der Waals surface area contributed by atoms with Gasteiger partial charge in [-0.05, 0) is 26.9 Å². The Bertz CT molecular complexity index is 287. The van der Waals surface area contributed by atoms with Gasteiger partial charge in [-0.25, -0.2) is 4.39 Å². The molecule has 0 aliphatic carbocycles. The molecule has 0 heterocycles. The lowest BCUT2D eigenvalue weighted by atomic mass is 10.1. The lowest BCUT2D eigenvalue weighted by Crippen LogP contribution is -2.16. The predicted octanol–water partition coefficient (Wildman–Crippen LogP) is 3.14. The van der Waals surface area contributed by atoms with Gasteiger partial charge >= 0.3 is 0 Å². The Kier molecular flexibility index (Phi) is 16.7. The van der Waals surface area contributed by atoms with Gasteiger partial charge in [-0.1, -0.05) is 38.5 Å². The lowest BCUT2D eigenvalue weighted by Gasteiger charge is -2.05. The van der Waals surface area contributed by atoms with Crippen molar-refractivity contribution >= 4 is 10.1 Å². The van der Waals surface area contributed by atoms with Gasteiger partial charge in [0.15, 0.2) is 0 Å². The van der Waals surface area contributed by atoms with E-state index in [0.29, 0.717) is 12.8 Å². The van der Waals surface area contributed by atoms with Crippen LogP contribution in [0.2, 0.25) is 0 Å². The van der Waals surface area contributed by atoms with Gasteiger partial charge in [0, 0.05) is 0 Å². The van der Waals surface area contributed by atoms with E-state index < -0.39 is 22.0 Å². The molecular weight excluding hydrogens is 288 g/mol. The highest BCUT2D eigenvalue weighted by Gasteiger charge is 2.15. The fourth-order valence-electron chi connectivity index (χ4n) is 1.66. The molecule has 7 heteroatoms. The molecule has 0 amide bonds. The Morgan fingerprint density at radius 3 is 1.80 bits per heavy atom. The second-order valence-corrected chi connectivity index (χ2v) is 6.30. The van der Waals surface area contributed by atoms with Crippen molar-refractivity contribution < 1.29 is 21.8 Å². The van der Waals surface area contributed by atoms with E-state index in [0.717, 1.165) is 32.1 Å². The lowest BCUT2D eigenvalue weighted by molar-refractivity contribution is 0.324. The van der Waals surface area contributed by atoms with Gasteiger partial charge in [-0.3, -0.25) is 8.94 Å². The van der Waals surface area contributed by atoms with Crippen molar-refractivity contribution in [2.24, 2.45) is 0 Å². The molecule has 0 rings (SSSR count). The van der Waals surface area contributed by atoms with E-state index in [9.17, 15) is 17.2 Å². The van der Waals surface area contributed by atoms with Crippen molar-refractivity contribution in [3.63, 3.8) is 0 Å². The van der Waals surface area contributed by atoms with Crippen molar-refractivity contribution in [3.05, 3.63) is 0 Å². The number of nitrogens with one attached hydrogen (secondary N) is 1. The van der Waals surface area contributed by atoms with Gasteiger partial charge in [0.1, 0.15) is 11.9 Å². The number of hydrogen-bond acceptors (Lipinski definition) is 3. The molecule has 0 aromatic heterocycles. The maximum absolute atomic E-state index is 13.0. The first kappa shape index (κ1) is 22.0. The van der Waals surface area contributed by atoms with Gasteiger partial charge in [-0.15, -0.1) is 0 Å². The predicted molar refractivity (Wildman–Crippen MR) is 79.2 cm³/mol. The molecule has 0 saturated carbocycles. The topological polar surface area (TPSA) is 66.4 Å². The van der Waals surface area contributed by atoms with Crippen LogP contribution in [0.1, 0.15) is 51.4 Å². The van der Waals surface area contributed by atoms with Gasteiger partial charge in [0.25, 0.3) is 10.1 Å². The number of unbranched alkanes of at least 4 members (excludes halogenated alkanes) is 6. The first-order valence-electron chi connectivity index (χ1n) is 7.11. The molecule has 0 aliphatic heterocycles. The van der Waals surface area contributed by atoms with Crippen LogP contribution in [-0.4, -0.2) is 45.7 Å². The highest BCUT2D eigenvalue weighted by molar-refractivity contribution is 7.85. The summed E-state index contributed by atoms with van der Waals surface area (Å²) in [6, 6.07) is 0. The van der Waals surface area contributed by atoms with Crippen LogP contribution in [0, 0.1) is 0 Å². The summed E-state index contributed by atoms with van der Waals surface area (Å²) in [6.45, 7) is -0.265. The van der Waals surface area contributed by atoms with Crippen LogP contribution >= 0.6 is 0 Å². The van der Waals surface area contributed by atoms with Gasteiger partial charge < -0.3 is 5.32 Å². The maximum Gasteiger partial charge on any atom is 0.267 e. The largest absolute Gasteiger partial charge is 0.323 e. The monoisotopic (exact) mass is 317 g/mol. The molecule has 2 N–H and O–H groups in total. The van der Waals surface area contributed by atoms with E-state index in [1.54, 1.807) is 0 Å². The maximum atomic E-state index is 13.0.